The van der Waals surface area contributed by atoms with Crippen molar-refractivity contribution >= 4 is 28.4 Å². The average molecular weight is 343 g/mol. The fourth-order valence-corrected chi connectivity index (χ4v) is 3.42. The summed E-state index contributed by atoms with van der Waals surface area (Å²) >= 11 is 0. The van der Waals surface area contributed by atoms with E-state index in [1.807, 2.05) is 6.20 Å². The normalized spacial score (nSPS) is 11.0. The zero-order valence-electron chi connectivity index (χ0n) is 15.1. The maximum atomic E-state index is 5.87. The Morgan fingerprint density at radius 1 is 1.00 bits per heavy atom. The van der Waals surface area contributed by atoms with E-state index in [9.17, 15) is 0 Å². The molecule has 2 aromatic heterocycles. The lowest BCUT2D eigenvalue weighted by atomic mass is 10.0. The van der Waals surface area contributed by atoms with Gasteiger partial charge in [-0.1, -0.05) is 23.8 Å². The number of aryl methyl sites for hydroxylation is 3. The van der Waals surface area contributed by atoms with Crippen LogP contribution in [-0.2, 0) is 0 Å². The van der Waals surface area contributed by atoms with E-state index in [1.165, 1.54) is 16.7 Å². The minimum absolute atomic E-state index is 0.251. The molecular formula is C21H21N5. The number of aromatic amines is 1. The predicted molar refractivity (Wildman–Crippen MR) is 108 cm³/mol. The Morgan fingerprint density at radius 2 is 1.77 bits per heavy atom. The Kier molecular flexibility index (Phi) is 3.84. The van der Waals surface area contributed by atoms with Crippen LogP contribution < -0.4 is 11.1 Å². The molecule has 0 aliphatic carbocycles. The zero-order valence-corrected chi connectivity index (χ0v) is 15.1. The summed E-state index contributed by atoms with van der Waals surface area (Å²) in [5.41, 5.74) is 13.6. The van der Waals surface area contributed by atoms with Gasteiger partial charge in [0.2, 0.25) is 5.95 Å². The minimum Gasteiger partial charge on any atom is -0.368 e. The molecule has 0 atom stereocenters. The zero-order chi connectivity index (χ0) is 18.3. The molecule has 5 nitrogen and oxygen atoms in total. The number of nitrogens with two attached hydrogens (primary N) is 1. The highest BCUT2D eigenvalue weighted by Crippen LogP contribution is 2.33. The molecule has 26 heavy (non-hydrogen) atoms. The average Bonchev–Trinajstić information content (AvgIpc) is 3.06. The van der Waals surface area contributed by atoms with Crippen molar-refractivity contribution in [2.45, 2.75) is 20.8 Å². The summed E-state index contributed by atoms with van der Waals surface area (Å²) < 4.78 is 0. The first-order valence-electron chi connectivity index (χ1n) is 8.56. The van der Waals surface area contributed by atoms with Crippen LogP contribution in [0, 0.1) is 20.8 Å². The van der Waals surface area contributed by atoms with Crippen molar-refractivity contribution in [2.24, 2.45) is 0 Å². The van der Waals surface area contributed by atoms with Crippen molar-refractivity contribution < 1.29 is 0 Å². The highest BCUT2D eigenvalue weighted by atomic mass is 15.1. The van der Waals surface area contributed by atoms with Gasteiger partial charge >= 0.3 is 0 Å². The van der Waals surface area contributed by atoms with Gasteiger partial charge in [0.25, 0.3) is 0 Å². The summed E-state index contributed by atoms with van der Waals surface area (Å²) in [6, 6.07) is 12.6. The number of nitrogens with zero attached hydrogens (tertiary/aromatic N) is 2. The van der Waals surface area contributed by atoms with Crippen LogP contribution in [0.1, 0.15) is 16.7 Å². The Balaban J connectivity index is 1.83. The molecule has 0 spiro atoms. The topological polar surface area (TPSA) is 79.6 Å². The van der Waals surface area contributed by atoms with Gasteiger partial charge in [-0.3, -0.25) is 0 Å². The van der Waals surface area contributed by atoms with Crippen molar-refractivity contribution in [1.29, 1.82) is 0 Å². The number of nitrogens with one attached hydrogen (secondary N) is 2. The largest absolute Gasteiger partial charge is 0.368 e. The van der Waals surface area contributed by atoms with Crippen LogP contribution in [0.4, 0.5) is 17.5 Å². The fraction of sp³-hybridized carbons (Fsp3) is 0.143. The second-order valence-corrected chi connectivity index (χ2v) is 6.67. The standard InChI is InChI=1S/C21H21N5/c1-12-8-13(2)19(14(3)9-12)25-20-17(11-24-21(22)26-20)15-4-5-18-16(10-15)6-7-23-18/h4-11,23H,1-3H3,(H3,22,24,25,26). The second-order valence-electron chi connectivity index (χ2n) is 6.67. The molecule has 0 aliphatic heterocycles. The van der Waals surface area contributed by atoms with Crippen molar-refractivity contribution in [3.63, 3.8) is 0 Å². The molecule has 0 saturated carbocycles. The molecule has 0 unspecified atom stereocenters. The summed E-state index contributed by atoms with van der Waals surface area (Å²) in [5.74, 6) is 0.962. The Labute approximate surface area is 152 Å². The first-order chi connectivity index (χ1) is 12.5. The van der Waals surface area contributed by atoms with Gasteiger partial charge in [-0.25, -0.2) is 4.98 Å². The SMILES string of the molecule is Cc1cc(C)c(Nc2nc(N)ncc2-c2ccc3[nH]ccc3c2)c(C)c1. The van der Waals surface area contributed by atoms with E-state index in [4.69, 9.17) is 5.73 Å². The molecule has 0 radical (unpaired) electrons. The number of nitrogen functional groups attached to an aromatic ring is 1. The summed E-state index contributed by atoms with van der Waals surface area (Å²) in [6.07, 6.45) is 3.71. The van der Waals surface area contributed by atoms with Crippen molar-refractivity contribution in [1.82, 2.24) is 15.0 Å². The molecule has 2 aromatic carbocycles. The summed E-state index contributed by atoms with van der Waals surface area (Å²) in [6.45, 7) is 6.29. The third kappa shape index (κ3) is 2.88. The van der Waals surface area contributed by atoms with Crippen LogP contribution in [0.2, 0.25) is 0 Å². The summed E-state index contributed by atoms with van der Waals surface area (Å²) in [5, 5.41) is 4.62. The van der Waals surface area contributed by atoms with Crippen molar-refractivity contribution in [3.8, 4) is 11.1 Å². The quantitative estimate of drug-likeness (QED) is 0.495. The highest BCUT2D eigenvalue weighted by Gasteiger charge is 2.12. The van der Waals surface area contributed by atoms with Crippen molar-refractivity contribution in [2.75, 3.05) is 11.1 Å². The molecule has 0 bridgehead atoms. The number of aromatic nitrogens is 3. The molecule has 0 fully saturated rings. The number of anilines is 3. The van der Waals surface area contributed by atoms with Crippen LogP contribution in [0.5, 0.6) is 0 Å². The van der Waals surface area contributed by atoms with Gasteiger partial charge in [-0.05, 0) is 61.0 Å². The number of benzene rings is 2. The molecule has 0 amide bonds. The second kappa shape index (κ2) is 6.19. The van der Waals surface area contributed by atoms with Gasteiger partial charge in [0.15, 0.2) is 0 Å². The van der Waals surface area contributed by atoms with E-state index in [1.54, 1.807) is 6.20 Å². The van der Waals surface area contributed by atoms with Gasteiger partial charge in [0.05, 0.1) is 0 Å². The predicted octanol–water partition coefficient (Wildman–Crippen LogP) is 4.88. The Morgan fingerprint density at radius 3 is 2.54 bits per heavy atom. The Bertz CT molecular complexity index is 1090. The lowest BCUT2D eigenvalue weighted by Crippen LogP contribution is -2.04. The Hall–Kier alpha value is -3.34. The minimum atomic E-state index is 0.251. The third-order valence-electron chi connectivity index (χ3n) is 4.59. The van der Waals surface area contributed by atoms with Crippen LogP contribution in [0.25, 0.3) is 22.0 Å². The van der Waals surface area contributed by atoms with Crippen LogP contribution in [0.3, 0.4) is 0 Å². The molecule has 130 valence electrons. The fourth-order valence-electron chi connectivity index (χ4n) is 3.42. The first kappa shape index (κ1) is 16.1. The summed E-state index contributed by atoms with van der Waals surface area (Å²) in [7, 11) is 0. The van der Waals surface area contributed by atoms with E-state index < -0.39 is 0 Å². The van der Waals surface area contributed by atoms with E-state index >= 15 is 0 Å². The van der Waals surface area contributed by atoms with Gasteiger partial charge in [0.1, 0.15) is 5.82 Å². The van der Waals surface area contributed by atoms with Crippen LogP contribution in [0.15, 0.2) is 48.8 Å². The molecular weight excluding hydrogens is 322 g/mol. The molecule has 4 N–H and O–H groups in total. The van der Waals surface area contributed by atoms with Gasteiger partial charge in [0, 0.05) is 29.2 Å². The molecule has 5 heteroatoms. The maximum absolute atomic E-state index is 5.87. The van der Waals surface area contributed by atoms with Crippen molar-refractivity contribution in [3.05, 3.63) is 65.5 Å². The van der Waals surface area contributed by atoms with Gasteiger partial charge in [-0.2, -0.15) is 4.98 Å². The first-order valence-corrected chi connectivity index (χ1v) is 8.56. The number of fused-ring (bicyclic) bond motifs is 1. The number of rotatable bonds is 3. The molecule has 2 heterocycles. The number of hydrogen-bond donors (Lipinski definition) is 3. The molecule has 0 aliphatic rings. The molecule has 0 saturated heterocycles. The van der Waals surface area contributed by atoms with Crippen LogP contribution in [-0.4, -0.2) is 15.0 Å². The van der Waals surface area contributed by atoms with E-state index in [-0.39, 0.29) is 5.95 Å². The van der Waals surface area contributed by atoms with E-state index in [2.05, 4.69) is 77.4 Å². The van der Waals surface area contributed by atoms with E-state index in [0.29, 0.717) is 5.82 Å². The number of H-pyrrole nitrogens is 1. The van der Waals surface area contributed by atoms with E-state index in [0.717, 1.165) is 27.7 Å². The lowest BCUT2D eigenvalue weighted by molar-refractivity contribution is 1.18. The monoisotopic (exact) mass is 343 g/mol. The molecule has 4 rings (SSSR count). The number of hydrogen-bond acceptors (Lipinski definition) is 4. The smallest absolute Gasteiger partial charge is 0.221 e. The van der Waals surface area contributed by atoms with Gasteiger partial charge < -0.3 is 16.0 Å². The lowest BCUT2D eigenvalue weighted by Gasteiger charge is -2.16. The highest BCUT2D eigenvalue weighted by molar-refractivity contribution is 5.88. The maximum Gasteiger partial charge on any atom is 0.221 e. The third-order valence-corrected chi connectivity index (χ3v) is 4.59. The van der Waals surface area contributed by atoms with Gasteiger partial charge in [-0.15, -0.1) is 0 Å². The summed E-state index contributed by atoms with van der Waals surface area (Å²) in [4.78, 5) is 11.9. The van der Waals surface area contributed by atoms with Crippen LogP contribution >= 0.6 is 0 Å². The molecule has 4 aromatic rings.